The first-order chi connectivity index (χ1) is 36.4. The van der Waals surface area contributed by atoms with E-state index in [0.29, 0.717) is 97.0 Å². The summed E-state index contributed by atoms with van der Waals surface area (Å²) in [6, 6.07) is 55.6. The van der Waals surface area contributed by atoms with Crippen molar-refractivity contribution in [1.82, 2.24) is 54.4 Å². The molecule has 0 aliphatic rings. The van der Waals surface area contributed by atoms with E-state index in [0.717, 1.165) is 21.9 Å². The van der Waals surface area contributed by atoms with Gasteiger partial charge in [0.25, 0.3) is 0 Å². The van der Waals surface area contributed by atoms with Gasteiger partial charge in [-0.15, -0.1) is 0 Å². The molecule has 0 unspecified atom stereocenters. The number of hydrogen-bond donors (Lipinski definition) is 0. The summed E-state index contributed by atoms with van der Waals surface area (Å²) >= 11 is 0. The molecule has 0 aliphatic heterocycles. The standard InChI is InChI=1S/C61H42F3N11/c1-35-65-36(2)68-59(67-35)43-25-27-54-46(29-43)47-30-44(60-69-37(3)66-38(4)70-60)26-28-55(47)75(54)56-48(52-33-50(39-17-9-5-10-18-39)71-57(73-52)41-21-13-7-14-22-41)31-45(61(62,63)64)32-49(56)53-34-51(40-19-11-6-12-20-40)72-58(74-53)42-23-15-8-16-24-42/h5-34H,1-4H3. The molecule has 12 aromatic rings. The number of rotatable bonds is 9. The minimum Gasteiger partial charge on any atom is -0.308 e. The molecule has 362 valence electrons. The van der Waals surface area contributed by atoms with Crippen LogP contribution in [0.25, 0.3) is 118 Å². The highest BCUT2D eigenvalue weighted by molar-refractivity contribution is 6.12. The Kier molecular flexibility index (Phi) is 11.6. The zero-order valence-electron chi connectivity index (χ0n) is 40.9. The molecule has 5 aromatic heterocycles. The summed E-state index contributed by atoms with van der Waals surface area (Å²) in [6.07, 6.45) is -4.82. The number of nitrogens with zero attached hydrogens (tertiary/aromatic N) is 11. The monoisotopic (exact) mass is 985 g/mol. The van der Waals surface area contributed by atoms with Crippen molar-refractivity contribution in [2.45, 2.75) is 33.9 Å². The van der Waals surface area contributed by atoms with E-state index < -0.39 is 11.7 Å². The predicted octanol–water partition coefficient (Wildman–Crippen LogP) is 14.3. The van der Waals surface area contributed by atoms with Crippen molar-refractivity contribution in [3.05, 3.63) is 211 Å². The SMILES string of the molecule is Cc1nc(C)nc(-c2ccc3c(c2)c2cc(-c4nc(C)nc(C)n4)ccc2n3-c2c(-c3cc(-c4ccccc4)nc(-c4ccccc4)n3)cc(C(F)(F)F)cc2-c2cc(-c3ccccc3)nc(-c3ccccc3)n2)n1. The smallest absolute Gasteiger partial charge is 0.308 e. The van der Waals surface area contributed by atoms with E-state index in [4.69, 9.17) is 39.9 Å². The van der Waals surface area contributed by atoms with Crippen LogP contribution in [-0.2, 0) is 6.18 Å². The first-order valence-electron chi connectivity index (χ1n) is 24.1. The normalized spacial score (nSPS) is 11.7. The van der Waals surface area contributed by atoms with Gasteiger partial charge in [-0.25, -0.2) is 49.8 Å². The van der Waals surface area contributed by atoms with E-state index >= 15 is 13.2 Å². The van der Waals surface area contributed by atoms with Crippen LogP contribution in [0.1, 0.15) is 28.9 Å². The minimum atomic E-state index is -4.82. The number of fused-ring (bicyclic) bond motifs is 3. The topological polar surface area (TPSA) is 134 Å². The van der Waals surface area contributed by atoms with Gasteiger partial charge in [0.05, 0.1) is 45.1 Å². The first kappa shape index (κ1) is 46.4. The molecule has 0 radical (unpaired) electrons. The number of alkyl halides is 3. The second-order valence-electron chi connectivity index (χ2n) is 18.1. The zero-order valence-corrected chi connectivity index (χ0v) is 40.9. The van der Waals surface area contributed by atoms with E-state index in [2.05, 4.69) is 9.97 Å². The maximum Gasteiger partial charge on any atom is 0.416 e. The van der Waals surface area contributed by atoms with Crippen LogP contribution < -0.4 is 0 Å². The van der Waals surface area contributed by atoms with Crippen LogP contribution in [0.15, 0.2) is 182 Å². The molecule has 7 aromatic carbocycles. The van der Waals surface area contributed by atoms with Crippen molar-refractivity contribution < 1.29 is 13.2 Å². The molecule has 5 heterocycles. The fourth-order valence-corrected chi connectivity index (χ4v) is 9.58. The molecule has 0 fully saturated rings. The molecule has 0 saturated carbocycles. The summed E-state index contributed by atoms with van der Waals surface area (Å²) in [5, 5.41) is 1.52. The number of hydrogen-bond acceptors (Lipinski definition) is 10. The van der Waals surface area contributed by atoms with Crippen molar-refractivity contribution in [2.75, 3.05) is 0 Å². The Labute approximate surface area is 428 Å². The van der Waals surface area contributed by atoms with E-state index in [1.54, 1.807) is 12.1 Å². The van der Waals surface area contributed by atoms with Crippen molar-refractivity contribution in [2.24, 2.45) is 0 Å². The van der Waals surface area contributed by atoms with Crippen LogP contribution in [0, 0.1) is 27.7 Å². The van der Waals surface area contributed by atoms with Gasteiger partial charge in [0.2, 0.25) is 0 Å². The molecule has 0 atom stereocenters. The highest BCUT2D eigenvalue weighted by Gasteiger charge is 2.35. The molecule has 75 heavy (non-hydrogen) atoms. The molecule has 0 spiro atoms. The highest BCUT2D eigenvalue weighted by atomic mass is 19.4. The summed E-state index contributed by atoms with van der Waals surface area (Å²) in [4.78, 5) is 48.2. The first-order valence-corrected chi connectivity index (χ1v) is 24.1. The van der Waals surface area contributed by atoms with Gasteiger partial charge >= 0.3 is 6.18 Å². The lowest BCUT2D eigenvalue weighted by Gasteiger charge is -2.22. The van der Waals surface area contributed by atoms with Gasteiger partial charge in [-0.1, -0.05) is 121 Å². The van der Waals surface area contributed by atoms with Crippen molar-refractivity contribution in [3.63, 3.8) is 0 Å². The van der Waals surface area contributed by atoms with E-state index in [9.17, 15) is 0 Å². The fraction of sp³-hybridized carbons (Fsp3) is 0.0820. The quantitative estimate of drug-likeness (QED) is 0.138. The maximum atomic E-state index is 16.0. The average Bonchev–Trinajstić information content (AvgIpc) is 3.75. The molecule has 0 saturated heterocycles. The van der Waals surface area contributed by atoms with Gasteiger partial charge in [-0.05, 0) is 88.4 Å². The Morgan fingerprint density at radius 3 is 1.01 bits per heavy atom. The van der Waals surface area contributed by atoms with Gasteiger partial charge < -0.3 is 4.57 Å². The van der Waals surface area contributed by atoms with Crippen molar-refractivity contribution in [1.29, 1.82) is 0 Å². The molecule has 11 nitrogen and oxygen atoms in total. The second-order valence-corrected chi connectivity index (χ2v) is 18.1. The number of aryl methyl sites for hydroxylation is 4. The molecule has 0 aliphatic carbocycles. The minimum absolute atomic E-state index is 0.178. The van der Waals surface area contributed by atoms with Crippen LogP contribution in [0.5, 0.6) is 0 Å². The number of aromatic nitrogens is 11. The van der Waals surface area contributed by atoms with Gasteiger partial charge in [0.1, 0.15) is 23.3 Å². The Balaban J connectivity index is 1.25. The molecule has 0 N–H and O–H groups in total. The van der Waals surface area contributed by atoms with Crippen molar-refractivity contribution >= 4 is 21.8 Å². The molecular formula is C61H42F3N11. The molecule has 0 amide bonds. The van der Waals surface area contributed by atoms with Crippen LogP contribution in [0.3, 0.4) is 0 Å². The third-order valence-electron chi connectivity index (χ3n) is 12.9. The summed E-state index contributed by atoms with van der Waals surface area (Å²) in [6.45, 7) is 7.28. The largest absolute Gasteiger partial charge is 0.416 e. The van der Waals surface area contributed by atoms with Gasteiger partial charge in [-0.2, -0.15) is 13.2 Å². The second kappa shape index (κ2) is 18.7. The summed E-state index contributed by atoms with van der Waals surface area (Å²) in [7, 11) is 0. The lowest BCUT2D eigenvalue weighted by molar-refractivity contribution is -0.137. The number of halogens is 3. The maximum absolute atomic E-state index is 16.0. The van der Waals surface area contributed by atoms with Gasteiger partial charge in [0, 0.05) is 55.3 Å². The molecule has 14 heteroatoms. The van der Waals surface area contributed by atoms with Crippen LogP contribution in [0.2, 0.25) is 0 Å². The predicted molar refractivity (Wildman–Crippen MR) is 286 cm³/mol. The van der Waals surface area contributed by atoms with Crippen LogP contribution in [-0.4, -0.2) is 54.4 Å². The lowest BCUT2D eigenvalue weighted by atomic mass is 9.95. The fourth-order valence-electron chi connectivity index (χ4n) is 9.58. The Morgan fingerprint density at radius 1 is 0.320 bits per heavy atom. The van der Waals surface area contributed by atoms with Gasteiger partial charge in [0.15, 0.2) is 23.3 Å². The van der Waals surface area contributed by atoms with Crippen LogP contribution >= 0.6 is 0 Å². The molecule has 0 bridgehead atoms. The third-order valence-corrected chi connectivity index (χ3v) is 12.9. The van der Waals surface area contributed by atoms with Crippen LogP contribution in [0.4, 0.5) is 13.2 Å². The van der Waals surface area contributed by atoms with Gasteiger partial charge in [-0.3, -0.25) is 0 Å². The number of benzene rings is 7. The van der Waals surface area contributed by atoms with Crippen molar-refractivity contribution in [3.8, 4) is 96.3 Å². The summed E-state index contributed by atoms with van der Waals surface area (Å²) in [5.41, 5.74) is 7.03. The molecule has 12 rings (SSSR count). The Bertz CT molecular complexity index is 3740. The average molecular weight is 986 g/mol. The highest BCUT2D eigenvalue weighted by Crippen LogP contribution is 2.46. The molecular weight excluding hydrogens is 944 g/mol. The Hall–Kier alpha value is -9.69. The zero-order chi connectivity index (χ0) is 51.4. The van der Waals surface area contributed by atoms with E-state index in [1.165, 1.54) is 12.1 Å². The summed E-state index contributed by atoms with van der Waals surface area (Å²) < 4.78 is 49.9. The third kappa shape index (κ3) is 9.03. The van der Waals surface area contributed by atoms with E-state index in [1.807, 2.05) is 190 Å². The lowest BCUT2D eigenvalue weighted by Crippen LogP contribution is -2.10. The van der Waals surface area contributed by atoms with E-state index in [-0.39, 0.29) is 22.5 Å². The Morgan fingerprint density at radius 2 is 0.653 bits per heavy atom. The summed E-state index contributed by atoms with van der Waals surface area (Å²) in [5.74, 6) is 3.86.